The second-order valence-corrected chi connectivity index (χ2v) is 6.56. The van der Waals surface area contributed by atoms with Crippen molar-refractivity contribution in [2.24, 2.45) is 5.92 Å². The number of hydrogen-bond donors (Lipinski definition) is 0. The van der Waals surface area contributed by atoms with Gasteiger partial charge < -0.3 is 4.90 Å². The van der Waals surface area contributed by atoms with Crippen LogP contribution in [-0.4, -0.2) is 47.9 Å². The molecule has 2 atom stereocenters. The first-order valence-corrected chi connectivity index (χ1v) is 8.01. The van der Waals surface area contributed by atoms with Crippen molar-refractivity contribution < 1.29 is 9.18 Å². The second-order valence-electron chi connectivity index (χ2n) is 6.56. The molecule has 2 aliphatic carbocycles. The molecule has 0 bridgehead atoms. The first-order chi connectivity index (χ1) is 10.2. The van der Waals surface area contributed by atoms with Crippen LogP contribution in [0.3, 0.4) is 0 Å². The van der Waals surface area contributed by atoms with E-state index in [1.807, 2.05) is 17.0 Å². The van der Waals surface area contributed by atoms with Gasteiger partial charge in [0.05, 0.1) is 0 Å². The number of halogens is 1. The number of benzene rings is 1. The molecule has 0 N–H and O–H groups in total. The fraction of sp³-hybridized carbons (Fsp3) is 0.588. The maximum Gasteiger partial charge on any atom is 0.226 e. The number of amides is 1. The zero-order chi connectivity index (χ0) is 14.4. The summed E-state index contributed by atoms with van der Waals surface area (Å²) in [4.78, 5) is 17.0. The molecule has 3 aliphatic rings. The minimum absolute atomic E-state index is 0.00868. The van der Waals surface area contributed by atoms with E-state index in [4.69, 9.17) is 0 Å². The number of piperazine rings is 1. The van der Waals surface area contributed by atoms with E-state index in [9.17, 15) is 9.18 Å². The highest BCUT2D eigenvalue weighted by Gasteiger charge is 2.47. The van der Waals surface area contributed by atoms with Gasteiger partial charge in [0.15, 0.2) is 0 Å². The van der Waals surface area contributed by atoms with Gasteiger partial charge >= 0.3 is 0 Å². The van der Waals surface area contributed by atoms with Crippen molar-refractivity contribution in [3.05, 3.63) is 35.6 Å². The summed E-state index contributed by atoms with van der Waals surface area (Å²) in [7, 11) is 0. The SMILES string of the molecule is O=C(C1CC1c1ccccc1F)N1CCN(C2CC2)CC1. The Bertz CT molecular complexity index is 549. The Balaban J connectivity index is 1.35. The highest BCUT2D eigenvalue weighted by molar-refractivity contribution is 5.83. The average Bonchev–Trinajstić information content (AvgIpc) is 3.39. The summed E-state index contributed by atoms with van der Waals surface area (Å²) in [5.74, 6) is 0.171. The Hall–Kier alpha value is -1.42. The van der Waals surface area contributed by atoms with Crippen LogP contribution in [0.25, 0.3) is 0 Å². The normalized spacial score (nSPS) is 29.5. The van der Waals surface area contributed by atoms with Gasteiger partial charge in [-0.2, -0.15) is 0 Å². The lowest BCUT2D eigenvalue weighted by atomic mass is 10.1. The monoisotopic (exact) mass is 288 g/mol. The van der Waals surface area contributed by atoms with Crippen LogP contribution in [0.4, 0.5) is 4.39 Å². The summed E-state index contributed by atoms with van der Waals surface area (Å²) >= 11 is 0. The molecule has 2 saturated carbocycles. The first-order valence-electron chi connectivity index (χ1n) is 8.01. The molecule has 4 rings (SSSR count). The third-order valence-corrected chi connectivity index (χ3v) is 5.10. The molecule has 4 heteroatoms. The second kappa shape index (κ2) is 5.09. The van der Waals surface area contributed by atoms with E-state index in [1.165, 1.54) is 18.9 Å². The van der Waals surface area contributed by atoms with Gasteiger partial charge in [0.2, 0.25) is 5.91 Å². The third-order valence-electron chi connectivity index (χ3n) is 5.10. The molecule has 112 valence electrons. The largest absolute Gasteiger partial charge is 0.340 e. The summed E-state index contributed by atoms with van der Waals surface area (Å²) < 4.78 is 13.8. The quantitative estimate of drug-likeness (QED) is 0.851. The van der Waals surface area contributed by atoms with Crippen molar-refractivity contribution in [3.63, 3.8) is 0 Å². The Labute approximate surface area is 124 Å². The molecular weight excluding hydrogens is 267 g/mol. The van der Waals surface area contributed by atoms with Crippen molar-refractivity contribution in [2.75, 3.05) is 26.2 Å². The topological polar surface area (TPSA) is 23.6 Å². The van der Waals surface area contributed by atoms with Crippen LogP contribution in [0.1, 0.15) is 30.7 Å². The highest BCUT2D eigenvalue weighted by Crippen LogP contribution is 2.49. The fourth-order valence-corrected chi connectivity index (χ4v) is 3.57. The molecule has 1 aromatic carbocycles. The van der Waals surface area contributed by atoms with E-state index in [-0.39, 0.29) is 23.6 Å². The lowest BCUT2D eigenvalue weighted by molar-refractivity contribution is -0.134. The molecule has 3 fully saturated rings. The molecular formula is C17H21FN2O. The highest BCUT2D eigenvalue weighted by atomic mass is 19.1. The summed E-state index contributed by atoms with van der Waals surface area (Å²) in [5, 5.41) is 0. The van der Waals surface area contributed by atoms with Gasteiger partial charge in [-0.1, -0.05) is 18.2 Å². The van der Waals surface area contributed by atoms with E-state index < -0.39 is 0 Å². The lowest BCUT2D eigenvalue weighted by Gasteiger charge is -2.35. The van der Waals surface area contributed by atoms with E-state index in [0.29, 0.717) is 5.56 Å². The smallest absolute Gasteiger partial charge is 0.226 e. The van der Waals surface area contributed by atoms with Crippen molar-refractivity contribution in [2.45, 2.75) is 31.2 Å². The van der Waals surface area contributed by atoms with Gasteiger partial charge in [-0.05, 0) is 36.8 Å². The summed E-state index contributed by atoms with van der Waals surface area (Å²) in [6, 6.07) is 7.65. The number of rotatable bonds is 3. The fourth-order valence-electron chi connectivity index (χ4n) is 3.57. The molecule has 1 aromatic rings. The predicted octanol–water partition coefficient (Wildman–Crippen LogP) is 2.24. The van der Waals surface area contributed by atoms with Crippen molar-refractivity contribution in [1.29, 1.82) is 0 Å². The van der Waals surface area contributed by atoms with Crippen LogP contribution >= 0.6 is 0 Å². The lowest BCUT2D eigenvalue weighted by Crippen LogP contribution is -2.49. The van der Waals surface area contributed by atoms with Crippen molar-refractivity contribution in [1.82, 2.24) is 9.80 Å². The Morgan fingerprint density at radius 3 is 2.48 bits per heavy atom. The van der Waals surface area contributed by atoms with Crippen LogP contribution in [0.15, 0.2) is 24.3 Å². The van der Waals surface area contributed by atoms with E-state index in [1.54, 1.807) is 6.07 Å². The number of hydrogen-bond acceptors (Lipinski definition) is 2. The maximum absolute atomic E-state index is 13.8. The number of carbonyl (C=O) groups excluding carboxylic acids is 1. The van der Waals surface area contributed by atoms with Crippen LogP contribution in [0.5, 0.6) is 0 Å². The molecule has 21 heavy (non-hydrogen) atoms. The van der Waals surface area contributed by atoms with Gasteiger partial charge in [0, 0.05) is 38.1 Å². The molecule has 1 heterocycles. The van der Waals surface area contributed by atoms with Gasteiger partial charge in [-0.3, -0.25) is 9.69 Å². The molecule has 0 aromatic heterocycles. The van der Waals surface area contributed by atoms with Crippen LogP contribution < -0.4 is 0 Å². The van der Waals surface area contributed by atoms with E-state index in [2.05, 4.69) is 4.90 Å². The molecule has 3 nitrogen and oxygen atoms in total. The van der Waals surface area contributed by atoms with Crippen LogP contribution in [0.2, 0.25) is 0 Å². The van der Waals surface area contributed by atoms with E-state index >= 15 is 0 Å². The summed E-state index contributed by atoms with van der Waals surface area (Å²) in [6.45, 7) is 3.70. The molecule has 1 amide bonds. The molecule has 0 radical (unpaired) electrons. The Morgan fingerprint density at radius 1 is 1.10 bits per heavy atom. The number of nitrogens with zero attached hydrogens (tertiary/aromatic N) is 2. The molecule has 2 unspecified atom stereocenters. The van der Waals surface area contributed by atoms with Crippen LogP contribution in [-0.2, 0) is 4.79 Å². The van der Waals surface area contributed by atoms with Crippen molar-refractivity contribution >= 4 is 5.91 Å². The van der Waals surface area contributed by atoms with Crippen LogP contribution in [0, 0.1) is 11.7 Å². The zero-order valence-corrected chi connectivity index (χ0v) is 12.2. The Morgan fingerprint density at radius 2 is 1.81 bits per heavy atom. The number of carbonyl (C=O) groups is 1. The maximum atomic E-state index is 13.8. The molecule has 1 aliphatic heterocycles. The van der Waals surface area contributed by atoms with Crippen molar-refractivity contribution in [3.8, 4) is 0 Å². The minimum Gasteiger partial charge on any atom is -0.340 e. The molecule has 0 spiro atoms. The van der Waals surface area contributed by atoms with Gasteiger partial charge in [0.1, 0.15) is 5.82 Å². The predicted molar refractivity (Wildman–Crippen MR) is 78.4 cm³/mol. The summed E-state index contributed by atoms with van der Waals surface area (Å²) in [6.07, 6.45) is 3.46. The Kier molecular flexibility index (Phi) is 3.21. The van der Waals surface area contributed by atoms with Gasteiger partial charge in [0.25, 0.3) is 0 Å². The summed E-state index contributed by atoms with van der Waals surface area (Å²) in [5.41, 5.74) is 0.715. The van der Waals surface area contributed by atoms with Gasteiger partial charge in [-0.15, -0.1) is 0 Å². The standard InChI is InChI=1S/C17H21FN2O/c18-16-4-2-1-3-13(16)14-11-15(14)17(21)20-9-7-19(8-10-20)12-5-6-12/h1-4,12,14-15H,5-11H2. The molecule has 1 saturated heterocycles. The zero-order valence-electron chi connectivity index (χ0n) is 12.2. The average molecular weight is 288 g/mol. The minimum atomic E-state index is -0.170. The third kappa shape index (κ3) is 2.57. The first kappa shape index (κ1) is 13.3. The van der Waals surface area contributed by atoms with E-state index in [0.717, 1.165) is 38.6 Å². The van der Waals surface area contributed by atoms with Gasteiger partial charge in [-0.25, -0.2) is 4.39 Å².